The van der Waals surface area contributed by atoms with Crippen molar-refractivity contribution in [3.05, 3.63) is 157 Å². The van der Waals surface area contributed by atoms with Gasteiger partial charge in [-0.1, -0.05) is 84.9 Å². The molecular weight excluding hydrogens is 478 g/mol. The van der Waals surface area contributed by atoms with E-state index < -0.39 is 0 Å². The lowest BCUT2D eigenvalue weighted by Gasteiger charge is -2.25. The molecule has 6 rings (SSSR count). The standard InChI is InChI=1S/C35H27N3O/c39-34-20-8-7-17-31(34)33-19-10-18-32(37-33)28-13-9-16-30(24-28)38(29-14-5-2-6-15-29)35-22-21-27(25-36-35)23-26-11-3-1-4-12-26/h1-22,24-25,39H,23H2. The number of para-hydroxylation sites is 2. The monoisotopic (exact) mass is 505 g/mol. The third-order valence-electron chi connectivity index (χ3n) is 6.63. The molecule has 0 amide bonds. The summed E-state index contributed by atoms with van der Waals surface area (Å²) < 4.78 is 0. The number of pyridine rings is 2. The van der Waals surface area contributed by atoms with E-state index in [1.165, 1.54) is 5.56 Å². The molecule has 188 valence electrons. The van der Waals surface area contributed by atoms with Crippen molar-refractivity contribution in [2.24, 2.45) is 0 Å². The van der Waals surface area contributed by atoms with Gasteiger partial charge < -0.3 is 5.11 Å². The zero-order valence-electron chi connectivity index (χ0n) is 21.4. The molecule has 0 radical (unpaired) electrons. The Labute approximate surface area is 228 Å². The SMILES string of the molecule is Oc1ccccc1-c1cccc(-c2cccc(N(c3ccccc3)c3ccc(Cc4ccccc4)cn3)c2)n1. The molecule has 0 aliphatic rings. The van der Waals surface area contributed by atoms with Gasteiger partial charge in [0.05, 0.1) is 11.4 Å². The Kier molecular flexibility index (Phi) is 6.83. The fraction of sp³-hybridized carbons (Fsp3) is 0.0286. The molecule has 0 saturated heterocycles. The molecule has 0 saturated carbocycles. The van der Waals surface area contributed by atoms with Crippen LogP contribution in [0.1, 0.15) is 11.1 Å². The largest absolute Gasteiger partial charge is 0.507 e. The lowest BCUT2D eigenvalue weighted by molar-refractivity contribution is 0.477. The van der Waals surface area contributed by atoms with Gasteiger partial charge in [-0.25, -0.2) is 9.97 Å². The second-order valence-corrected chi connectivity index (χ2v) is 9.33. The van der Waals surface area contributed by atoms with Gasteiger partial charge in [0, 0.05) is 28.7 Å². The average Bonchev–Trinajstić information content (AvgIpc) is 3.00. The maximum atomic E-state index is 10.3. The fourth-order valence-corrected chi connectivity index (χ4v) is 4.72. The Balaban J connectivity index is 1.36. The summed E-state index contributed by atoms with van der Waals surface area (Å²) in [6.07, 6.45) is 2.80. The summed E-state index contributed by atoms with van der Waals surface area (Å²) in [5.41, 5.74) is 7.68. The maximum Gasteiger partial charge on any atom is 0.137 e. The van der Waals surface area contributed by atoms with Gasteiger partial charge in [0.1, 0.15) is 11.6 Å². The zero-order chi connectivity index (χ0) is 26.4. The lowest BCUT2D eigenvalue weighted by Crippen LogP contribution is -2.11. The van der Waals surface area contributed by atoms with Crippen LogP contribution >= 0.6 is 0 Å². The number of phenols is 1. The highest BCUT2D eigenvalue weighted by Gasteiger charge is 2.15. The zero-order valence-corrected chi connectivity index (χ0v) is 21.4. The third kappa shape index (κ3) is 5.41. The number of nitrogens with zero attached hydrogens (tertiary/aromatic N) is 3. The van der Waals surface area contributed by atoms with Crippen LogP contribution in [0.5, 0.6) is 5.75 Å². The van der Waals surface area contributed by atoms with Crippen molar-refractivity contribution in [2.45, 2.75) is 6.42 Å². The number of phenolic OH excluding ortho intramolecular Hbond substituents is 1. The molecule has 4 aromatic carbocycles. The van der Waals surface area contributed by atoms with Crippen molar-refractivity contribution in [3.8, 4) is 28.3 Å². The van der Waals surface area contributed by atoms with E-state index in [1.807, 2.05) is 72.9 Å². The van der Waals surface area contributed by atoms with Gasteiger partial charge in [0.25, 0.3) is 0 Å². The van der Waals surface area contributed by atoms with Crippen molar-refractivity contribution in [1.82, 2.24) is 9.97 Å². The first-order chi connectivity index (χ1) is 19.2. The third-order valence-corrected chi connectivity index (χ3v) is 6.63. The van der Waals surface area contributed by atoms with E-state index in [-0.39, 0.29) is 5.75 Å². The summed E-state index contributed by atoms with van der Waals surface area (Å²) in [6.45, 7) is 0. The van der Waals surface area contributed by atoms with Gasteiger partial charge in [0.2, 0.25) is 0 Å². The van der Waals surface area contributed by atoms with Gasteiger partial charge in [-0.2, -0.15) is 0 Å². The van der Waals surface area contributed by atoms with E-state index in [0.29, 0.717) is 5.56 Å². The minimum atomic E-state index is 0.216. The van der Waals surface area contributed by atoms with Crippen molar-refractivity contribution >= 4 is 17.2 Å². The molecule has 4 nitrogen and oxygen atoms in total. The molecule has 4 heteroatoms. The van der Waals surface area contributed by atoms with Crippen LogP contribution in [0.15, 0.2) is 146 Å². The van der Waals surface area contributed by atoms with E-state index in [1.54, 1.807) is 6.07 Å². The summed E-state index contributed by atoms with van der Waals surface area (Å²) in [5, 5.41) is 10.3. The summed E-state index contributed by atoms with van der Waals surface area (Å²) >= 11 is 0. The lowest BCUT2D eigenvalue weighted by atomic mass is 10.1. The Morgan fingerprint density at radius 1 is 0.564 bits per heavy atom. The summed E-state index contributed by atoms with van der Waals surface area (Å²) in [7, 11) is 0. The first kappa shape index (κ1) is 24.1. The fourth-order valence-electron chi connectivity index (χ4n) is 4.72. The Hall–Kier alpha value is -5.22. The highest BCUT2D eigenvalue weighted by Crippen LogP contribution is 2.36. The summed E-state index contributed by atoms with van der Waals surface area (Å²) in [4.78, 5) is 11.9. The first-order valence-electron chi connectivity index (χ1n) is 12.9. The second-order valence-electron chi connectivity index (χ2n) is 9.33. The minimum absolute atomic E-state index is 0.216. The number of aromatic nitrogens is 2. The van der Waals surface area contributed by atoms with Crippen LogP contribution in [0, 0.1) is 0 Å². The average molecular weight is 506 g/mol. The number of anilines is 3. The van der Waals surface area contributed by atoms with E-state index in [4.69, 9.17) is 9.97 Å². The van der Waals surface area contributed by atoms with E-state index >= 15 is 0 Å². The van der Waals surface area contributed by atoms with Crippen LogP contribution in [-0.4, -0.2) is 15.1 Å². The predicted octanol–water partition coefficient (Wildman–Crippen LogP) is 8.58. The van der Waals surface area contributed by atoms with Crippen LogP contribution in [-0.2, 0) is 6.42 Å². The number of hydrogen-bond acceptors (Lipinski definition) is 4. The number of rotatable bonds is 7. The summed E-state index contributed by atoms with van der Waals surface area (Å²) in [6, 6.07) is 46.4. The Morgan fingerprint density at radius 2 is 1.26 bits per heavy atom. The van der Waals surface area contributed by atoms with Crippen molar-refractivity contribution in [2.75, 3.05) is 4.90 Å². The van der Waals surface area contributed by atoms with Gasteiger partial charge in [-0.05, 0) is 72.1 Å². The summed E-state index contributed by atoms with van der Waals surface area (Å²) in [5.74, 6) is 1.05. The van der Waals surface area contributed by atoms with Crippen LogP contribution < -0.4 is 4.90 Å². The number of hydrogen-bond donors (Lipinski definition) is 1. The van der Waals surface area contributed by atoms with Gasteiger partial charge in [-0.15, -0.1) is 0 Å². The second kappa shape index (κ2) is 11.0. The van der Waals surface area contributed by atoms with Crippen LogP contribution in [0.25, 0.3) is 22.5 Å². The highest BCUT2D eigenvalue weighted by molar-refractivity contribution is 5.78. The smallest absolute Gasteiger partial charge is 0.137 e. The molecule has 0 atom stereocenters. The number of benzene rings is 4. The van der Waals surface area contributed by atoms with Crippen molar-refractivity contribution in [3.63, 3.8) is 0 Å². The highest BCUT2D eigenvalue weighted by atomic mass is 16.3. The van der Waals surface area contributed by atoms with E-state index in [2.05, 4.69) is 71.6 Å². The maximum absolute atomic E-state index is 10.3. The molecule has 0 spiro atoms. The molecule has 2 aromatic heterocycles. The molecular formula is C35H27N3O. The molecule has 2 heterocycles. The predicted molar refractivity (Wildman–Crippen MR) is 158 cm³/mol. The molecule has 0 aliphatic carbocycles. The molecule has 0 aliphatic heterocycles. The molecule has 0 unspecified atom stereocenters. The van der Waals surface area contributed by atoms with E-state index in [9.17, 15) is 5.11 Å². The quantitative estimate of drug-likeness (QED) is 0.236. The Morgan fingerprint density at radius 3 is 2.03 bits per heavy atom. The van der Waals surface area contributed by atoms with Gasteiger partial charge in [0.15, 0.2) is 0 Å². The molecule has 6 aromatic rings. The van der Waals surface area contributed by atoms with Gasteiger partial charge >= 0.3 is 0 Å². The van der Waals surface area contributed by atoms with E-state index in [0.717, 1.165) is 46.1 Å². The molecule has 0 fully saturated rings. The first-order valence-corrected chi connectivity index (χ1v) is 12.9. The van der Waals surface area contributed by atoms with Crippen LogP contribution in [0.2, 0.25) is 0 Å². The number of aromatic hydroxyl groups is 1. The Bertz CT molecular complexity index is 1680. The molecule has 1 N–H and O–H groups in total. The molecule has 39 heavy (non-hydrogen) atoms. The molecule has 0 bridgehead atoms. The van der Waals surface area contributed by atoms with Crippen LogP contribution in [0.3, 0.4) is 0 Å². The van der Waals surface area contributed by atoms with Crippen LogP contribution in [0.4, 0.5) is 17.2 Å². The minimum Gasteiger partial charge on any atom is -0.507 e. The van der Waals surface area contributed by atoms with Crippen molar-refractivity contribution in [1.29, 1.82) is 0 Å². The topological polar surface area (TPSA) is 49.2 Å². The van der Waals surface area contributed by atoms with Gasteiger partial charge in [-0.3, -0.25) is 4.90 Å². The van der Waals surface area contributed by atoms with Crippen molar-refractivity contribution < 1.29 is 5.11 Å². The normalized spacial score (nSPS) is 10.8.